The maximum absolute atomic E-state index is 14.1. The molecule has 0 heterocycles. The van der Waals surface area contributed by atoms with Crippen LogP contribution in [0.25, 0.3) is 11.1 Å². The number of hydrogen-bond donors (Lipinski definition) is 1. The summed E-state index contributed by atoms with van der Waals surface area (Å²) >= 11 is 5.94. The summed E-state index contributed by atoms with van der Waals surface area (Å²) in [6.07, 6.45) is 2.48. The van der Waals surface area contributed by atoms with E-state index in [2.05, 4.69) is 5.32 Å². The normalized spacial score (nSPS) is 14.6. The summed E-state index contributed by atoms with van der Waals surface area (Å²) in [6, 6.07) is 13.3. The van der Waals surface area contributed by atoms with E-state index < -0.39 is 0 Å². The maximum Gasteiger partial charge on any atom is 0.131 e. The standard InChI is InChI=1S/C16H15ClFN/c17-13-3-1-2-12(9-13)15-7-4-11(8-16(15)18)10-19-14-5-6-14/h1-4,7-9,14,19H,5-6,10H2. The van der Waals surface area contributed by atoms with Crippen LogP contribution in [-0.2, 0) is 6.54 Å². The molecule has 1 nitrogen and oxygen atoms in total. The largest absolute Gasteiger partial charge is 0.310 e. The second-order valence-corrected chi connectivity index (χ2v) is 5.42. The Morgan fingerprint density at radius 1 is 1.16 bits per heavy atom. The fourth-order valence-electron chi connectivity index (χ4n) is 2.11. The van der Waals surface area contributed by atoms with Crippen LogP contribution in [0.4, 0.5) is 4.39 Å². The fraction of sp³-hybridized carbons (Fsp3) is 0.250. The van der Waals surface area contributed by atoms with Crippen LogP contribution in [0.3, 0.4) is 0 Å². The van der Waals surface area contributed by atoms with Gasteiger partial charge in [-0.3, -0.25) is 0 Å². The van der Waals surface area contributed by atoms with Crippen LogP contribution in [0.15, 0.2) is 42.5 Å². The van der Waals surface area contributed by atoms with Gasteiger partial charge < -0.3 is 5.32 Å². The van der Waals surface area contributed by atoms with Crippen molar-refractivity contribution >= 4 is 11.6 Å². The van der Waals surface area contributed by atoms with Crippen molar-refractivity contribution in [2.75, 3.05) is 0 Å². The lowest BCUT2D eigenvalue weighted by Gasteiger charge is -2.08. The zero-order valence-corrected chi connectivity index (χ0v) is 11.3. The van der Waals surface area contributed by atoms with Crippen molar-refractivity contribution in [2.45, 2.75) is 25.4 Å². The smallest absolute Gasteiger partial charge is 0.131 e. The second kappa shape index (κ2) is 5.32. The number of benzene rings is 2. The second-order valence-electron chi connectivity index (χ2n) is 4.98. The minimum absolute atomic E-state index is 0.197. The van der Waals surface area contributed by atoms with Gasteiger partial charge in [-0.2, -0.15) is 0 Å². The SMILES string of the molecule is Fc1cc(CNC2CC2)ccc1-c1cccc(Cl)c1. The van der Waals surface area contributed by atoms with E-state index in [1.54, 1.807) is 18.2 Å². The number of rotatable bonds is 4. The van der Waals surface area contributed by atoms with E-state index in [9.17, 15) is 4.39 Å². The third-order valence-electron chi connectivity index (χ3n) is 3.34. The molecule has 98 valence electrons. The summed E-state index contributed by atoms with van der Waals surface area (Å²) in [6.45, 7) is 0.734. The number of hydrogen-bond acceptors (Lipinski definition) is 1. The molecule has 3 rings (SSSR count). The molecular weight excluding hydrogens is 261 g/mol. The first-order valence-corrected chi connectivity index (χ1v) is 6.88. The van der Waals surface area contributed by atoms with Gasteiger partial charge in [0.25, 0.3) is 0 Å². The summed E-state index contributed by atoms with van der Waals surface area (Å²) < 4.78 is 14.1. The summed E-state index contributed by atoms with van der Waals surface area (Å²) in [4.78, 5) is 0. The van der Waals surface area contributed by atoms with Crippen LogP contribution in [0.1, 0.15) is 18.4 Å². The highest BCUT2D eigenvalue weighted by Crippen LogP contribution is 2.26. The van der Waals surface area contributed by atoms with Crippen molar-refractivity contribution < 1.29 is 4.39 Å². The van der Waals surface area contributed by atoms with E-state index in [1.165, 1.54) is 12.8 Å². The molecule has 1 saturated carbocycles. The highest BCUT2D eigenvalue weighted by molar-refractivity contribution is 6.30. The van der Waals surface area contributed by atoms with Crippen LogP contribution in [0.5, 0.6) is 0 Å². The quantitative estimate of drug-likeness (QED) is 0.872. The van der Waals surface area contributed by atoms with Crippen LogP contribution >= 0.6 is 11.6 Å². The molecule has 0 atom stereocenters. The van der Waals surface area contributed by atoms with Crippen LogP contribution in [0, 0.1) is 5.82 Å². The summed E-state index contributed by atoms with van der Waals surface area (Å²) in [7, 11) is 0. The molecule has 19 heavy (non-hydrogen) atoms. The lowest BCUT2D eigenvalue weighted by molar-refractivity contribution is 0.623. The third kappa shape index (κ3) is 3.14. The predicted octanol–water partition coefficient (Wildman–Crippen LogP) is 4.40. The van der Waals surface area contributed by atoms with Crippen molar-refractivity contribution in [1.29, 1.82) is 0 Å². The molecule has 1 aliphatic rings. The molecule has 0 aliphatic heterocycles. The van der Waals surface area contributed by atoms with E-state index in [0.29, 0.717) is 16.6 Å². The Morgan fingerprint density at radius 3 is 2.68 bits per heavy atom. The molecule has 1 fully saturated rings. The molecule has 0 saturated heterocycles. The van der Waals surface area contributed by atoms with Gasteiger partial charge in [0.2, 0.25) is 0 Å². The van der Waals surface area contributed by atoms with Gasteiger partial charge in [-0.25, -0.2) is 4.39 Å². The average molecular weight is 276 g/mol. The van der Waals surface area contributed by atoms with Gasteiger partial charge in [0.1, 0.15) is 5.82 Å². The summed E-state index contributed by atoms with van der Waals surface area (Å²) in [5.41, 5.74) is 2.39. The molecule has 0 aromatic heterocycles. The molecule has 0 spiro atoms. The van der Waals surface area contributed by atoms with Crippen molar-refractivity contribution in [1.82, 2.24) is 5.32 Å². The summed E-state index contributed by atoms with van der Waals surface area (Å²) in [5.74, 6) is -0.197. The van der Waals surface area contributed by atoms with Crippen molar-refractivity contribution in [3.05, 3.63) is 58.9 Å². The van der Waals surface area contributed by atoms with E-state index in [1.807, 2.05) is 24.3 Å². The van der Waals surface area contributed by atoms with Gasteiger partial charge in [-0.05, 0) is 42.2 Å². The topological polar surface area (TPSA) is 12.0 Å². The van der Waals surface area contributed by atoms with Crippen LogP contribution < -0.4 is 5.32 Å². The number of nitrogens with one attached hydrogen (secondary N) is 1. The van der Waals surface area contributed by atoms with Crippen molar-refractivity contribution in [3.63, 3.8) is 0 Å². The van der Waals surface area contributed by atoms with Gasteiger partial charge >= 0.3 is 0 Å². The maximum atomic E-state index is 14.1. The molecule has 0 radical (unpaired) electrons. The lowest BCUT2D eigenvalue weighted by atomic mass is 10.0. The monoisotopic (exact) mass is 275 g/mol. The Morgan fingerprint density at radius 2 is 2.00 bits per heavy atom. The molecule has 3 heteroatoms. The first-order valence-electron chi connectivity index (χ1n) is 6.50. The van der Waals surface area contributed by atoms with Gasteiger partial charge in [-0.15, -0.1) is 0 Å². The lowest BCUT2D eigenvalue weighted by Crippen LogP contribution is -2.15. The molecule has 0 amide bonds. The highest BCUT2D eigenvalue weighted by atomic mass is 35.5. The van der Waals surface area contributed by atoms with Gasteiger partial charge in [0.15, 0.2) is 0 Å². The van der Waals surface area contributed by atoms with E-state index in [0.717, 1.165) is 17.7 Å². The zero-order chi connectivity index (χ0) is 13.2. The molecule has 0 bridgehead atoms. The van der Waals surface area contributed by atoms with E-state index in [-0.39, 0.29) is 5.82 Å². The fourth-order valence-corrected chi connectivity index (χ4v) is 2.30. The predicted molar refractivity (Wildman–Crippen MR) is 76.7 cm³/mol. The first kappa shape index (κ1) is 12.6. The van der Waals surface area contributed by atoms with Gasteiger partial charge in [-0.1, -0.05) is 35.9 Å². The molecule has 1 aliphatic carbocycles. The molecule has 0 unspecified atom stereocenters. The van der Waals surface area contributed by atoms with E-state index >= 15 is 0 Å². The van der Waals surface area contributed by atoms with Crippen LogP contribution in [-0.4, -0.2) is 6.04 Å². The molecule has 2 aromatic rings. The van der Waals surface area contributed by atoms with Crippen LogP contribution in [0.2, 0.25) is 5.02 Å². The average Bonchev–Trinajstić information content (AvgIpc) is 3.20. The molecule has 1 N–H and O–H groups in total. The molecular formula is C16H15ClFN. The number of halogens is 2. The summed E-state index contributed by atoms with van der Waals surface area (Å²) in [5, 5.41) is 4.00. The minimum atomic E-state index is -0.197. The third-order valence-corrected chi connectivity index (χ3v) is 3.58. The Labute approximate surface area is 117 Å². The highest BCUT2D eigenvalue weighted by Gasteiger charge is 2.20. The van der Waals surface area contributed by atoms with Gasteiger partial charge in [0.05, 0.1) is 0 Å². The van der Waals surface area contributed by atoms with Crippen molar-refractivity contribution in [2.24, 2.45) is 0 Å². The Hall–Kier alpha value is -1.38. The Balaban J connectivity index is 1.82. The minimum Gasteiger partial charge on any atom is -0.310 e. The first-order chi connectivity index (χ1) is 9.22. The van der Waals surface area contributed by atoms with E-state index in [4.69, 9.17) is 11.6 Å². The Kier molecular flexibility index (Phi) is 3.54. The molecule has 2 aromatic carbocycles. The van der Waals surface area contributed by atoms with Gasteiger partial charge in [0, 0.05) is 23.2 Å². The van der Waals surface area contributed by atoms with Crippen molar-refractivity contribution in [3.8, 4) is 11.1 Å². The zero-order valence-electron chi connectivity index (χ0n) is 10.5. The Bertz CT molecular complexity index is 593.